The second-order valence-corrected chi connectivity index (χ2v) is 23.0. The molecule has 2 saturated carbocycles. The minimum Gasteiger partial charge on any atom is -0.494 e. The van der Waals surface area contributed by atoms with Crippen LogP contribution in [0.2, 0.25) is 0 Å². The van der Waals surface area contributed by atoms with E-state index in [1.165, 1.54) is 6.08 Å². The van der Waals surface area contributed by atoms with Crippen molar-refractivity contribution < 1.29 is 67.1 Å². The van der Waals surface area contributed by atoms with Gasteiger partial charge in [0.05, 0.1) is 74.3 Å². The van der Waals surface area contributed by atoms with E-state index in [4.69, 9.17) is 69.7 Å². The predicted octanol–water partition coefficient (Wildman–Crippen LogP) is 14.9. The van der Waals surface area contributed by atoms with Crippen molar-refractivity contribution in [2.24, 2.45) is 28.8 Å². The van der Waals surface area contributed by atoms with Gasteiger partial charge >= 0.3 is 23.9 Å². The van der Waals surface area contributed by atoms with Gasteiger partial charge in [-0.1, -0.05) is 56.2 Å². The van der Waals surface area contributed by atoms with Gasteiger partial charge in [-0.3, -0.25) is 14.4 Å². The molecule has 17 nitrogen and oxygen atoms in total. The number of fused-ring (bicyclic) bond motifs is 1. The van der Waals surface area contributed by atoms with Gasteiger partial charge in [-0.25, -0.2) is 14.8 Å². The lowest BCUT2D eigenvalue weighted by Gasteiger charge is -2.27. The SMILES string of the molecule is C=CC(=O)OCCCCCCOc1ccc(OC(=O)C2CCC(COOc3ccc(OC(=O)C4CCC(COOc5ccc(OCCCCCCOC(=O)CCCl)cc5)CC4)cc3/C=N/N(CCCCCC)c3nc4ccccc4s3)CC2)cc1. The van der Waals surface area contributed by atoms with E-state index in [0.29, 0.717) is 106 Å². The highest BCUT2D eigenvalue weighted by Crippen LogP contribution is 2.35. The molecule has 2 aliphatic rings. The summed E-state index contributed by atoms with van der Waals surface area (Å²) in [6, 6.07) is 27.7. The van der Waals surface area contributed by atoms with Crippen molar-refractivity contribution in [1.29, 1.82) is 0 Å². The van der Waals surface area contributed by atoms with Gasteiger partial charge in [-0.05, 0) is 200 Å². The number of ether oxygens (including phenoxy) is 6. The number of para-hydroxylation sites is 1. The first-order valence-corrected chi connectivity index (χ1v) is 31.8. The Bertz CT molecular complexity index is 2780. The minimum absolute atomic E-state index is 0.171. The molecule has 0 unspecified atom stereocenters. The second-order valence-electron chi connectivity index (χ2n) is 21.6. The molecule has 0 bridgehead atoms. The fourth-order valence-electron chi connectivity index (χ4n) is 9.94. The van der Waals surface area contributed by atoms with Crippen molar-refractivity contribution in [3.63, 3.8) is 0 Å². The smallest absolute Gasteiger partial charge is 0.330 e. The summed E-state index contributed by atoms with van der Waals surface area (Å²) in [5.41, 5.74) is 1.48. The average Bonchev–Trinajstić information content (AvgIpc) is 4.10. The number of nitrogens with zero attached hydrogens (tertiary/aromatic N) is 3. The number of hydrogen-bond acceptors (Lipinski definition) is 18. The highest BCUT2D eigenvalue weighted by atomic mass is 35.5. The Morgan fingerprint density at radius 1 is 0.624 bits per heavy atom. The van der Waals surface area contributed by atoms with Crippen LogP contribution in [0.5, 0.6) is 34.5 Å². The molecule has 85 heavy (non-hydrogen) atoms. The maximum absolute atomic E-state index is 13.7. The Morgan fingerprint density at radius 2 is 1.16 bits per heavy atom. The molecule has 0 spiro atoms. The molecule has 460 valence electrons. The van der Waals surface area contributed by atoms with E-state index in [0.717, 1.165) is 124 Å². The van der Waals surface area contributed by atoms with E-state index in [1.807, 2.05) is 47.5 Å². The normalized spacial score (nSPS) is 16.8. The van der Waals surface area contributed by atoms with Crippen molar-refractivity contribution in [3.05, 3.63) is 109 Å². The zero-order valence-electron chi connectivity index (χ0n) is 49.2. The number of carbonyl (C=O) groups excluding carboxylic acids is 4. The van der Waals surface area contributed by atoms with Crippen LogP contribution >= 0.6 is 22.9 Å². The summed E-state index contributed by atoms with van der Waals surface area (Å²) in [6.45, 7) is 8.94. The monoisotopic (exact) mass is 1210 g/mol. The van der Waals surface area contributed by atoms with Crippen LogP contribution in [0.4, 0.5) is 5.13 Å². The van der Waals surface area contributed by atoms with Gasteiger partial charge in [0, 0.05) is 24.1 Å². The summed E-state index contributed by atoms with van der Waals surface area (Å²) in [7, 11) is 0. The molecule has 5 aromatic rings. The third kappa shape index (κ3) is 23.9. The summed E-state index contributed by atoms with van der Waals surface area (Å²) >= 11 is 7.15. The van der Waals surface area contributed by atoms with Gasteiger partial charge in [0.1, 0.15) is 23.0 Å². The predicted molar refractivity (Wildman–Crippen MR) is 329 cm³/mol. The molecule has 1 heterocycles. The molecule has 0 N–H and O–H groups in total. The number of aromatic nitrogens is 1. The van der Waals surface area contributed by atoms with Gasteiger partial charge in [0.2, 0.25) is 5.13 Å². The maximum Gasteiger partial charge on any atom is 0.330 e. The Morgan fingerprint density at radius 3 is 1.76 bits per heavy atom. The number of unbranched alkanes of at least 4 members (excludes halogenated alkanes) is 9. The first-order valence-electron chi connectivity index (χ1n) is 30.5. The average molecular weight is 1210 g/mol. The van der Waals surface area contributed by atoms with Crippen molar-refractivity contribution in [3.8, 4) is 34.5 Å². The summed E-state index contributed by atoms with van der Waals surface area (Å²) in [5.74, 6) is 2.30. The fraction of sp³-hybridized carbons (Fsp3) is 0.515. The maximum atomic E-state index is 13.7. The van der Waals surface area contributed by atoms with E-state index in [9.17, 15) is 19.2 Å². The molecule has 1 aromatic heterocycles. The Balaban J connectivity index is 0.856. The third-order valence-electron chi connectivity index (χ3n) is 15.0. The summed E-state index contributed by atoms with van der Waals surface area (Å²) in [4.78, 5) is 77.7. The number of carbonyl (C=O) groups is 4. The summed E-state index contributed by atoms with van der Waals surface area (Å²) in [5, 5.41) is 7.69. The quantitative estimate of drug-likeness (QED) is 0.00527. The van der Waals surface area contributed by atoms with Crippen molar-refractivity contribution in [2.75, 3.05) is 57.1 Å². The van der Waals surface area contributed by atoms with Crippen LogP contribution in [0.3, 0.4) is 0 Å². The van der Waals surface area contributed by atoms with E-state index < -0.39 is 5.97 Å². The first kappa shape index (κ1) is 65.8. The van der Waals surface area contributed by atoms with Gasteiger partial charge in [0.15, 0.2) is 11.5 Å². The van der Waals surface area contributed by atoms with Gasteiger partial charge < -0.3 is 38.2 Å². The Kier molecular flexibility index (Phi) is 29.1. The van der Waals surface area contributed by atoms with Crippen molar-refractivity contribution in [2.45, 2.75) is 142 Å². The highest BCUT2D eigenvalue weighted by molar-refractivity contribution is 7.22. The molecule has 19 heteroatoms. The van der Waals surface area contributed by atoms with E-state index in [-0.39, 0.29) is 53.9 Å². The van der Waals surface area contributed by atoms with Crippen molar-refractivity contribution >= 4 is 68.4 Å². The Hall–Kier alpha value is -6.73. The topological polar surface area (TPSA) is 189 Å². The molecule has 0 aliphatic heterocycles. The minimum atomic E-state index is -0.399. The fourth-order valence-corrected chi connectivity index (χ4v) is 11.0. The number of hydrazone groups is 1. The van der Waals surface area contributed by atoms with Gasteiger partial charge in [0.25, 0.3) is 0 Å². The number of halogens is 1. The van der Waals surface area contributed by atoms with Crippen LogP contribution in [0.15, 0.2) is 109 Å². The molecule has 7 rings (SSSR count). The van der Waals surface area contributed by atoms with Crippen LogP contribution in [-0.2, 0) is 38.4 Å². The largest absolute Gasteiger partial charge is 0.494 e. The molecule has 4 aromatic carbocycles. The summed E-state index contributed by atoms with van der Waals surface area (Å²) < 4.78 is 34.8. The zero-order chi connectivity index (χ0) is 59.7. The second kappa shape index (κ2) is 37.6. The molecule has 0 radical (unpaired) electrons. The third-order valence-corrected chi connectivity index (χ3v) is 16.2. The lowest BCUT2D eigenvalue weighted by atomic mass is 9.82. The van der Waals surface area contributed by atoms with Crippen LogP contribution in [-0.4, -0.2) is 87.1 Å². The molecule has 0 saturated heterocycles. The van der Waals surface area contributed by atoms with Crippen LogP contribution in [0.25, 0.3) is 10.2 Å². The Labute approximate surface area is 509 Å². The lowest BCUT2D eigenvalue weighted by Crippen LogP contribution is -2.27. The molecular weight excluding hydrogens is 1130 g/mol. The van der Waals surface area contributed by atoms with E-state index >= 15 is 0 Å². The molecule has 2 fully saturated rings. The first-order chi connectivity index (χ1) is 41.7. The molecular formula is C66H84ClN3O14S. The molecule has 2 aliphatic carbocycles. The van der Waals surface area contributed by atoms with Crippen LogP contribution in [0, 0.1) is 23.7 Å². The van der Waals surface area contributed by atoms with Crippen molar-refractivity contribution in [1.82, 2.24) is 4.98 Å². The number of thiazole rings is 1. The number of esters is 4. The summed E-state index contributed by atoms with van der Waals surface area (Å²) in [6.07, 6.45) is 20.4. The van der Waals surface area contributed by atoms with Crippen LogP contribution in [0.1, 0.15) is 147 Å². The van der Waals surface area contributed by atoms with E-state index in [2.05, 4.69) is 19.6 Å². The van der Waals surface area contributed by atoms with Gasteiger partial charge in [-0.2, -0.15) is 14.9 Å². The lowest BCUT2D eigenvalue weighted by molar-refractivity contribution is -0.218. The number of hydrogen-bond donors (Lipinski definition) is 0. The van der Waals surface area contributed by atoms with Crippen LogP contribution < -0.4 is 33.7 Å². The number of alkyl halides is 1. The zero-order valence-corrected chi connectivity index (χ0v) is 50.8. The standard InChI is InChI=1S/C66H84ClN3O14S/c1-3-5-6-13-40-70(66-69-59-18-11-12-19-61(59)85-66)68-46-53-45-58(82-65(74)52-26-20-49(21-27-52)47-79-83-57-34-30-55(31-35-57)76-42-15-8-10-17-44-78-63(72)38-39-67)36-37-60(53)84-80-48-50-22-24-51(25-23-50)64(73)81-56-32-28-54(29-33-56)75-41-14-7-9-16-43-77-62(71)4-2/h4,11-12,18-19,28-37,45-46,49-52H,2-3,5-10,13-17,20-27,38-44,47-48H2,1H3/b68-46+. The number of anilines is 1. The van der Waals surface area contributed by atoms with Gasteiger partial charge in [-0.15, -0.1) is 11.6 Å². The number of benzene rings is 4. The van der Waals surface area contributed by atoms with E-state index in [1.54, 1.807) is 60.0 Å². The molecule has 0 atom stereocenters. The number of rotatable bonds is 39. The highest BCUT2D eigenvalue weighted by Gasteiger charge is 2.30. The molecule has 0 amide bonds.